The first-order valence-electron chi connectivity index (χ1n) is 11.4. The van der Waals surface area contributed by atoms with Crippen LogP contribution in [0.1, 0.15) is 52.7 Å². The summed E-state index contributed by atoms with van der Waals surface area (Å²) in [7, 11) is 0. The Bertz CT molecular complexity index is 1010. The third-order valence-corrected chi connectivity index (χ3v) is 5.61. The molecular weight excluding hydrogens is 410 g/mol. The second-order valence-electron chi connectivity index (χ2n) is 8.49. The van der Waals surface area contributed by atoms with Gasteiger partial charge in [0.05, 0.1) is 29.7 Å². The van der Waals surface area contributed by atoms with E-state index in [1.165, 1.54) is 0 Å². The lowest BCUT2D eigenvalue weighted by atomic mass is 10.2. The van der Waals surface area contributed by atoms with Gasteiger partial charge in [-0.1, -0.05) is 25.5 Å². The number of amides is 1. The van der Waals surface area contributed by atoms with E-state index in [0.717, 1.165) is 23.9 Å². The van der Waals surface area contributed by atoms with Crippen LogP contribution < -0.4 is 5.56 Å². The number of carbonyl (C=O) groups excluding carboxylic acids is 2. The van der Waals surface area contributed by atoms with Crippen LogP contribution in [-0.4, -0.2) is 57.7 Å². The minimum atomic E-state index is -0.884. The Balaban J connectivity index is 1.65. The zero-order chi connectivity index (χ0) is 23.3. The molecule has 1 aliphatic heterocycles. The number of benzene rings is 1. The van der Waals surface area contributed by atoms with Crippen LogP contribution in [0, 0.1) is 0 Å². The molecule has 1 saturated heterocycles. The maximum atomic E-state index is 13.0. The number of para-hydroxylation sites is 2. The number of rotatable bonds is 8. The highest BCUT2D eigenvalue weighted by Crippen LogP contribution is 2.14. The fourth-order valence-corrected chi connectivity index (χ4v) is 4.09. The molecule has 8 heteroatoms. The van der Waals surface area contributed by atoms with E-state index in [4.69, 9.17) is 9.47 Å². The molecule has 3 rings (SSSR count). The normalized spacial score (nSPS) is 19.7. The number of hydrogen-bond acceptors (Lipinski definition) is 6. The number of aromatic nitrogens is 2. The van der Waals surface area contributed by atoms with Gasteiger partial charge in [-0.15, -0.1) is 0 Å². The van der Waals surface area contributed by atoms with Crippen LogP contribution in [0.3, 0.4) is 0 Å². The molecule has 1 aromatic heterocycles. The van der Waals surface area contributed by atoms with Crippen LogP contribution in [0.25, 0.3) is 11.0 Å². The average molecular weight is 444 g/mol. The number of aryl methyl sites for hydroxylation is 2. The Morgan fingerprint density at radius 2 is 1.91 bits per heavy atom. The van der Waals surface area contributed by atoms with Crippen molar-refractivity contribution in [3.8, 4) is 0 Å². The summed E-state index contributed by atoms with van der Waals surface area (Å²) in [4.78, 5) is 44.2. The van der Waals surface area contributed by atoms with Crippen molar-refractivity contribution in [3.63, 3.8) is 0 Å². The number of carbonyl (C=O) groups is 2. The molecule has 2 aromatic rings. The van der Waals surface area contributed by atoms with Gasteiger partial charge >= 0.3 is 5.97 Å². The second-order valence-corrected chi connectivity index (χ2v) is 8.49. The molecule has 2 heterocycles. The van der Waals surface area contributed by atoms with Crippen molar-refractivity contribution in [3.05, 3.63) is 40.3 Å². The van der Waals surface area contributed by atoms with Crippen molar-refractivity contribution in [1.29, 1.82) is 0 Å². The number of fused-ring (bicyclic) bond motifs is 1. The van der Waals surface area contributed by atoms with Gasteiger partial charge < -0.3 is 18.9 Å². The summed E-state index contributed by atoms with van der Waals surface area (Å²) >= 11 is 0. The van der Waals surface area contributed by atoms with Crippen LogP contribution in [0.15, 0.2) is 29.1 Å². The largest absolute Gasteiger partial charge is 0.453 e. The third kappa shape index (κ3) is 5.73. The molecule has 3 atom stereocenters. The average Bonchev–Trinajstić information content (AvgIpc) is 2.76. The van der Waals surface area contributed by atoms with Crippen molar-refractivity contribution >= 4 is 22.9 Å². The summed E-state index contributed by atoms with van der Waals surface area (Å²) < 4.78 is 12.8. The predicted molar refractivity (Wildman–Crippen MR) is 121 cm³/mol. The highest BCUT2D eigenvalue weighted by Gasteiger charge is 2.30. The van der Waals surface area contributed by atoms with Crippen molar-refractivity contribution in [1.82, 2.24) is 14.5 Å². The number of ether oxygens (including phenoxy) is 2. The van der Waals surface area contributed by atoms with Crippen LogP contribution in [0.5, 0.6) is 0 Å². The van der Waals surface area contributed by atoms with Crippen LogP contribution >= 0.6 is 0 Å². The number of unbranched alkanes of at least 4 members (excludes halogenated alkanes) is 1. The SMILES string of the molecule is CCCCn1c(=O)c(CCC(=O)OC(C)C(=O)N2CC(C)OC(C)C2)nc2ccccc21. The maximum Gasteiger partial charge on any atom is 0.306 e. The Morgan fingerprint density at radius 1 is 1.22 bits per heavy atom. The standard InChI is InChI=1S/C24H33N3O5/c1-5-6-13-27-21-10-8-7-9-19(21)25-20(24(27)30)11-12-22(28)32-18(4)23(29)26-14-16(2)31-17(3)15-26/h7-10,16-18H,5-6,11-15H2,1-4H3. The van der Waals surface area contributed by atoms with E-state index < -0.39 is 12.1 Å². The molecule has 8 nitrogen and oxygen atoms in total. The first kappa shape index (κ1) is 23.9. The van der Waals surface area contributed by atoms with Crippen LogP contribution in [-0.2, 0) is 32.0 Å². The number of hydrogen-bond donors (Lipinski definition) is 0. The van der Waals surface area contributed by atoms with E-state index in [1.54, 1.807) is 16.4 Å². The quantitative estimate of drug-likeness (QED) is 0.583. The van der Waals surface area contributed by atoms with Gasteiger partial charge in [-0.25, -0.2) is 4.98 Å². The number of morpholine rings is 1. The van der Waals surface area contributed by atoms with Crippen LogP contribution in [0.4, 0.5) is 0 Å². The summed E-state index contributed by atoms with van der Waals surface area (Å²) in [6, 6.07) is 7.52. The molecule has 1 aliphatic rings. The van der Waals surface area contributed by atoms with Gasteiger partial charge in [0.15, 0.2) is 6.10 Å². The molecule has 0 aliphatic carbocycles. The molecule has 1 amide bonds. The van der Waals surface area contributed by atoms with E-state index in [2.05, 4.69) is 11.9 Å². The van der Waals surface area contributed by atoms with Gasteiger partial charge in [-0.05, 0) is 39.3 Å². The van der Waals surface area contributed by atoms with E-state index in [-0.39, 0.29) is 36.5 Å². The second kappa shape index (κ2) is 10.7. The number of nitrogens with zero attached hydrogens (tertiary/aromatic N) is 3. The molecule has 1 aromatic carbocycles. The van der Waals surface area contributed by atoms with E-state index in [0.29, 0.717) is 25.3 Å². The fourth-order valence-electron chi connectivity index (χ4n) is 4.09. The first-order valence-corrected chi connectivity index (χ1v) is 11.4. The summed E-state index contributed by atoms with van der Waals surface area (Å²) in [5.74, 6) is -0.749. The van der Waals surface area contributed by atoms with Gasteiger partial charge in [0.1, 0.15) is 5.69 Å². The molecule has 0 radical (unpaired) electrons. The van der Waals surface area contributed by atoms with E-state index in [1.807, 2.05) is 38.1 Å². The Kier molecular flexibility index (Phi) is 8.01. The minimum Gasteiger partial charge on any atom is -0.453 e. The molecule has 3 unspecified atom stereocenters. The highest BCUT2D eigenvalue weighted by atomic mass is 16.5. The van der Waals surface area contributed by atoms with E-state index in [9.17, 15) is 14.4 Å². The van der Waals surface area contributed by atoms with Gasteiger partial charge in [0.2, 0.25) is 0 Å². The summed E-state index contributed by atoms with van der Waals surface area (Å²) in [6.45, 7) is 9.04. The van der Waals surface area contributed by atoms with Gasteiger partial charge in [0.25, 0.3) is 11.5 Å². The third-order valence-electron chi connectivity index (χ3n) is 5.61. The highest BCUT2D eigenvalue weighted by molar-refractivity contribution is 5.83. The smallest absolute Gasteiger partial charge is 0.306 e. The Morgan fingerprint density at radius 3 is 2.59 bits per heavy atom. The zero-order valence-electron chi connectivity index (χ0n) is 19.4. The molecular formula is C24H33N3O5. The maximum absolute atomic E-state index is 13.0. The predicted octanol–water partition coefficient (Wildman–Crippen LogP) is 2.70. The monoisotopic (exact) mass is 443 g/mol. The lowest BCUT2D eigenvalue weighted by molar-refractivity contribution is -0.164. The van der Waals surface area contributed by atoms with Gasteiger partial charge in [-0.2, -0.15) is 0 Å². The molecule has 0 saturated carbocycles. The Hall–Kier alpha value is -2.74. The Labute approximate surface area is 188 Å². The van der Waals surface area contributed by atoms with Crippen LogP contribution in [0.2, 0.25) is 0 Å². The van der Waals surface area contributed by atoms with Gasteiger partial charge in [0, 0.05) is 26.1 Å². The van der Waals surface area contributed by atoms with E-state index >= 15 is 0 Å². The number of esters is 1. The summed E-state index contributed by atoms with van der Waals surface area (Å²) in [5, 5.41) is 0. The van der Waals surface area contributed by atoms with Crippen molar-refractivity contribution in [2.75, 3.05) is 13.1 Å². The van der Waals surface area contributed by atoms with Gasteiger partial charge in [-0.3, -0.25) is 14.4 Å². The zero-order valence-corrected chi connectivity index (χ0v) is 19.4. The summed E-state index contributed by atoms with van der Waals surface area (Å²) in [5.41, 5.74) is 1.69. The summed E-state index contributed by atoms with van der Waals surface area (Å²) in [6.07, 6.45) is 1.01. The molecule has 0 bridgehead atoms. The first-order chi connectivity index (χ1) is 15.3. The molecule has 1 fully saturated rings. The van der Waals surface area contributed by atoms with Crippen molar-refractivity contribution < 1.29 is 19.1 Å². The molecule has 0 N–H and O–H groups in total. The lowest BCUT2D eigenvalue weighted by Gasteiger charge is -2.36. The lowest BCUT2D eigenvalue weighted by Crippen LogP contribution is -2.51. The van der Waals surface area contributed by atoms with Crippen molar-refractivity contribution in [2.24, 2.45) is 0 Å². The molecule has 0 spiro atoms. The molecule has 174 valence electrons. The topological polar surface area (TPSA) is 90.7 Å². The van der Waals surface area contributed by atoms with Crippen molar-refractivity contribution in [2.45, 2.75) is 78.2 Å². The molecule has 32 heavy (non-hydrogen) atoms. The fraction of sp³-hybridized carbons (Fsp3) is 0.583. The minimum absolute atomic E-state index is 0.0120.